The summed E-state index contributed by atoms with van der Waals surface area (Å²) in [5.74, 6) is 1.45. The summed E-state index contributed by atoms with van der Waals surface area (Å²) in [6.45, 7) is 0. The van der Waals surface area contributed by atoms with Crippen LogP contribution in [-0.4, -0.2) is 16.2 Å². The van der Waals surface area contributed by atoms with E-state index in [-0.39, 0.29) is 6.17 Å². The molecule has 0 spiro atoms. The second kappa shape index (κ2) is 11.5. The predicted molar refractivity (Wildman–Crippen MR) is 205 cm³/mol. The van der Waals surface area contributed by atoms with Crippen LogP contribution in [0.5, 0.6) is 0 Å². The van der Waals surface area contributed by atoms with E-state index in [9.17, 15) is 0 Å². The molecule has 1 aliphatic rings. The van der Waals surface area contributed by atoms with Gasteiger partial charge in [-0.3, -0.25) is 0 Å². The van der Waals surface area contributed by atoms with Gasteiger partial charge in [-0.1, -0.05) is 133 Å². The first kappa shape index (κ1) is 28.3. The lowest BCUT2D eigenvalue weighted by molar-refractivity contribution is 0.664. The lowest BCUT2D eigenvalue weighted by Crippen LogP contribution is -2.33. The average Bonchev–Trinajstić information content (AvgIpc) is 3.74. The lowest BCUT2D eigenvalue weighted by Gasteiger charge is -2.23. The number of para-hydroxylation sites is 2. The van der Waals surface area contributed by atoms with Gasteiger partial charge >= 0.3 is 0 Å². The Bertz CT molecular complexity index is 2780. The monoisotopic (exact) mass is 642 g/mol. The first-order chi connectivity index (χ1) is 24.8. The quantitative estimate of drug-likeness (QED) is 0.203. The Morgan fingerprint density at radius 3 is 2.00 bits per heavy atom. The van der Waals surface area contributed by atoms with Crippen LogP contribution < -0.4 is 5.32 Å². The molecule has 10 rings (SSSR count). The highest BCUT2D eigenvalue weighted by Crippen LogP contribution is 2.39. The van der Waals surface area contributed by atoms with Crippen molar-refractivity contribution in [1.82, 2.24) is 9.88 Å². The summed E-state index contributed by atoms with van der Waals surface area (Å²) in [5, 5.41) is 8.14. The van der Waals surface area contributed by atoms with Gasteiger partial charge < -0.3 is 14.3 Å². The number of nitrogens with zero attached hydrogens (tertiary/aromatic N) is 3. The van der Waals surface area contributed by atoms with E-state index in [0.29, 0.717) is 5.84 Å². The summed E-state index contributed by atoms with van der Waals surface area (Å²) in [6.07, 6.45) is -0.269. The van der Waals surface area contributed by atoms with Crippen molar-refractivity contribution in [1.29, 1.82) is 0 Å². The molecule has 1 aliphatic heterocycles. The molecule has 3 heterocycles. The van der Waals surface area contributed by atoms with Gasteiger partial charge in [-0.05, 0) is 53.1 Å². The third-order valence-electron chi connectivity index (χ3n) is 9.66. The van der Waals surface area contributed by atoms with E-state index < -0.39 is 0 Å². The SMILES string of the molecule is c1ccc(C2=NC(c3ccccc3)NC(c3ccc4c(c3)oc3c(-n5c6ccccc6c6cc(-c7ccccc7)ccc65)cccc34)=N2)cc1. The maximum atomic E-state index is 6.82. The molecule has 0 amide bonds. The van der Waals surface area contributed by atoms with Crippen molar-refractivity contribution in [3.05, 3.63) is 187 Å². The van der Waals surface area contributed by atoms with Crippen LogP contribution in [0.25, 0.3) is 60.6 Å². The number of rotatable bonds is 5. The number of furan rings is 1. The van der Waals surface area contributed by atoms with Crippen LogP contribution in [-0.2, 0) is 0 Å². The van der Waals surface area contributed by atoms with E-state index in [4.69, 9.17) is 14.4 Å². The van der Waals surface area contributed by atoms with Crippen LogP contribution in [0.1, 0.15) is 22.9 Å². The van der Waals surface area contributed by atoms with Crippen molar-refractivity contribution in [3.8, 4) is 16.8 Å². The maximum Gasteiger partial charge on any atom is 0.159 e. The van der Waals surface area contributed by atoms with Crippen molar-refractivity contribution in [2.24, 2.45) is 9.98 Å². The van der Waals surface area contributed by atoms with Gasteiger partial charge in [-0.2, -0.15) is 0 Å². The van der Waals surface area contributed by atoms with Crippen molar-refractivity contribution >= 4 is 55.4 Å². The van der Waals surface area contributed by atoms with Crippen LogP contribution in [0.4, 0.5) is 0 Å². The van der Waals surface area contributed by atoms with Crippen molar-refractivity contribution in [3.63, 3.8) is 0 Å². The summed E-state index contributed by atoms with van der Waals surface area (Å²) in [4.78, 5) is 10.0. The van der Waals surface area contributed by atoms with Gasteiger partial charge in [-0.25, -0.2) is 9.98 Å². The molecule has 236 valence electrons. The van der Waals surface area contributed by atoms with Gasteiger partial charge in [0.25, 0.3) is 0 Å². The summed E-state index contributed by atoms with van der Waals surface area (Å²) < 4.78 is 9.16. The van der Waals surface area contributed by atoms with E-state index in [0.717, 1.165) is 61.2 Å². The van der Waals surface area contributed by atoms with E-state index in [1.165, 1.54) is 21.9 Å². The highest BCUT2D eigenvalue weighted by atomic mass is 16.3. The number of fused-ring (bicyclic) bond motifs is 6. The Labute approximate surface area is 288 Å². The highest BCUT2D eigenvalue weighted by Gasteiger charge is 2.23. The Morgan fingerprint density at radius 2 is 1.18 bits per heavy atom. The summed E-state index contributed by atoms with van der Waals surface area (Å²) in [5.41, 5.74) is 10.3. The fourth-order valence-electron chi connectivity index (χ4n) is 7.27. The fourth-order valence-corrected chi connectivity index (χ4v) is 7.27. The zero-order valence-corrected chi connectivity index (χ0v) is 27.0. The Kier molecular flexibility index (Phi) is 6.49. The molecule has 5 nitrogen and oxygen atoms in total. The Morgan fingerprint density at radius 1 is 0.500 bits per heavy atom. The molecule has 1 N–H and O–H groups in total. The van der Waals surface area contributed by atoms with Crippen LogP contribution in [0, 0.1) is 0 Å². The van der Waals surface area contributed by atoms with Crippen LogP contribution in [0.3, 0.4) is 0 Å². The molecular weight excluding hydrogens is 613 g/mol. The molecule has 0 aliphatic carbocycles. The summed E-state index contributed by atoms with van der Waals surface area (Å²) in [6, 6.07) is 59.2. The first-order valence-corrected chi connectivity index (χ1v) is 16.9. The average molecular weight is 643 g/mol. The van der Waals surface area contributed by atoms with E-state index >= 15 is 0 Å². The molecule has 1 atom stereocenters. The minimum Gasteiger partial charge on any atom is -0.454 e. The van der Waals surface area contributed by atoms with Gasteiger partial charge in [0.1, 0.15) is 17.6 Å². The predicted octanol–water partition coefficient (Wildman–Crippen LogP) is 10.8. The third-order valence-corrected chi connectivity index (χ3v) is 9.66. The molecule has 2 aromatic heterocycles. The van der Waals surface area contributed by atoms with Gasteiger partial charge in [-0.15, -0.1) is 0 Å². The standard InChI is InChI=1S/C45H30N4O/c1-4-13-29(14-5-1)32-24-26-39-37(27-32)34-19-10-11-21-38(34)49(39)40-22-12-20-36-35-25-23-33(28-41(35)50-42(36)40)45-47-43(30-15-6-2-7-16-30)46-44(48-45)31-17-8-3-9-18-31/h1-28,43H,(H,46,47,48). The van der Waals surface area contributed by atoms with Gasteiger partial charge in [0.15, 0.2) is 11.4 Å². The summed E-state index contributed by atoms with van der Waals surface area (Å²) >= 11 is 0. The second-order valence-electron chi connectivity index (χ2n) is 12.7. The van der Waals surface area contributed by atoms with E-state index in [2.05, 4.69) is 143 Å². The summed E-state index contributed by atoms with van der Waals surface area (Å²) in [7, 11) is 0. The molecule has 5 heteroatoms. The fraction of sp³-hybridized carbons (Fsp3) is 0.0222. The number of hydrogen-bond acceptors (Lipinski definition) is 4. The third kappa shape index (κ3) is 4.63. The Balaban J connectivity index is 1.12. The van der Waals surface area contributed by atoms with Crippen LogP contribution >= 0.6 is 0 Å². The highest BCUT2D eigenvalue weighted by molar-refractivity contribution is 6.16. The largest absolute Gasteiger partial charge is 0.454 e. The number of nitrogens with one attached hydrogen (secondary N) is 1. The molecular formula is C45H30N4O. The van der Waals surface area contributed by atoms with Crippen molar-refractivity contribution < 1.29 is 4.42 Å². The van der Waals surface area contributed by atoms with E-state index in [1.54, 1.807) is 0 Å². The zero-order valence-electron chi connectivity index (χ0n) is 27.0. The molecule has 0 radical (unpaired) electrons. The molecule has 1 unspecified atom stereocenters. The first-order valence-electron chi connectivity index (χ1n) is 16.9. The number of amidine groups is 2. The Hall–Kier alpha value is -6.72. The van der Waals surface area contributed by atoms with Gasteiger partial charge in [0, 0.05) is 32.7 Å². The van der Waals surface area contributed by atoms with Gasteiger partial charge in [0.2, 0.25) is 0 Å². The van der Waals surface area contributed by atoms with Crippen molar-refractivity contribution in [2.75, 3.05) is 0 Å². The molecule has 0 saturated heterocycles. The number of aliphatic imine (C=N–C) groups is 2. The number of hydrogen-bond donors (Lipinski definition) is 1. The lowest BCUT2D eigenvalue weighted by atomic mass is 10.0. The van der Waals surface area contributed by atoms with E-state index in [1.807, 2.05) is 36.4 Å². The van der Waals surface area contributed by atoms with Crippen LogP contribution in [0.2, 0.25) is 0 Å². The maximum absolute atomic E-state index is 6.82. The molecule has 50 heavy (non-hydrogen) atoms. The number of benzene rings is 7. The number of aromatic nitrogens is 1. The molecule has 7 aromatic carbocycles. The molecule has 0 bridgehead atoms. The smallest absolute Gasteiger partial charge is 0.159 e. The second-order valence-corrected chi connectivity index (χ2v) is 12.7. The minimum absolute atomic E-state index is 0.269. The van der Waals surface area contributed by atoms with Crippen molar-refractivity contribution in [2.45, 2.75) is 6.17 Å². The molecule has 0 saturated carbocycles. The zero-order chi connectivity index (χ0) is 33.0. The molecule has 9 aromatic rings. The molecule has 0 fully saturated rings. The minimum atomic E-state index is -0.269. The topological polar surface area (TPSA) is 54.8 Å². The van der Waals surface area contributed by atoms with Gasteiger partial charge in [0.05, 0.1) is 16.7 Å². The van der Waals surface area contributed by atoms with Crippen LogP contribution in [0.15, 0.2) is 184 Å². The normalized spacial score (nSPS) is 14.6.